The van der Waals surface area contributed by atoms with Crippen LogP contribution in [0.3, 0.4) is 0 Å². The largest absolute Gasteiger partial charge is 0.349 e. The summed E-state index contributed by atoms with van der Waals surface area (Å²) < 4.78 is 0. The quantitative estimate of drug-likeness (QED) is 0.609. The Kier molecular flexibility index (Phi) is 2.53. The highest BCUT2D eigenvalue weighted by Crippen LogP contribution is 2.38. The lowest BCUT2D eigenvalue weighted by molar-refractivity contribution is -0.119. The zero-order valence-electron chi connectivity index (χ0n) is 9.77. The van der Waals surface area contributed by atoms with E-state index in [9.17, 15) is 9.90 Å². The van der Waals surface area contributed by atoms with Crippen LogP contribution < -0.4 is 15.6 Å². The summed E-state index contributed by atoms with van der Waals surface area (Å²) in [5.41, 5.74) is 3.93. The Hall–Kier alpha value is -1.70. The molecule has 0 radical (unpaired) electrons. The van der Waals surface area contributed by atoms with Crippen LogP contribution in [-0.4, -0.2) is 27.7 Å². The number of carbonyl (C=O) groups excluding carboxylic acids is 1. The van der Waals surface area contributed by atoms with Gasteiger partial charge in [-0.2, -0.15) is 5.10 Å². The molecule has 0 unspecified atom stereocenters. The van der Waals surface area contributed by atoms with Crippen molar-refractivity contribution in [1.29, 1.82) is 0 Å². The van der Waals surface area contributed by atoms with Crippen molar-refractivity contribution in [2.45, 2.75) is 12.8 Å². The van der Waals surface area contributed by atoms with Gasteiger partial charge in [-0.05, 0) is 30.4 Å². The molecule has 1 amide bonds. The molecule has 0 aliphatic carbocycles. The number of thiocarbonyl (C=S) groups is 1. The van der Waals surface area contributed by atoms with Gasteiger partial charge in [-0.1, -0.05) is 11.6 Å². The number of halogens is 1. The first-order valence-electron chi connectivity index (χ1n) is 5.43. The predicted octanol–water partition coefficient (Wildman–Crippen LogP) is 0.534. The third-order valence-electron chi connectivity index (χ3n) is 2.98. The molecule has 0 fully saturated rings. The number of benzene rings is 1. The predicted molar refractivity (Wildman–Crippen MR) is 75.0 cm³/mol. The van der Waals surface area contributed by atoms with Crippen molar-refractivity contribution < 1.29 is 9.90 Å². The lowest BCUT2D eigenvalue weighted by atomic mass is 10.1. The molecule has 3 N–H and O–H groups in total. The summed E-state index contributed by atoms with van der Waals surface area (Å²) in [6, 6.07) is 4.94. The molecule has 98 valence electrons. The minimum atomic E-state index is -1.78. The number of aliphatic hydroxyl groups is 1. The fourth-order valence-electron chi connectivity index (χ4n) is 2.30. The first kappa shape index (κ1) is 12.3. The van der Waals surface area contributed by atoms with Crippen LogP contribution in [0, 0.1) is 0 Å². The van der Waals surface area contributed by atoms with E-state index in [-0.39, 0.29) is 16.7 Å². The van der Waals surface area contributed by atoms with E-state index in [0.29, 0.717) is 16.3 Å². The van der Waals surface area contributed by atoms with Gasteiger partial charge in [0.05, 0.1) is 5.69 Å². The second kappa shape index (κ2) is 3.89. The molecule has 0 saturated carbocycles. The number of rotatable bonds is 0. The number of fused-ring (bicyclic) bond motifs is 3. The Morgan fingerprint density at radius 1 is 1.58 bits per heavy atom. The summed E-state index contributed by atoms with van der Waals surface area (Å²) in [7, 11) is 0. The molecule has 1 aromatic rings. The number of anilines is 1. The van der Waals surface area contributed by atoms with Gasteiger partial charge in [-0.15, -0.1) is 0 Å². The van der Waals surface area contributed by atoms with E-state index in [1.54, 1.807) is 18.2 Å². The van der Waals surface area contributed by atoms with Crippen molar-refractivity contribution in [3.05, 3.63) is 28.8 Å². The molecule has 8 heteroatoms. The van der Waals surface area contributed by atoms with Crippen LogP contribution in [0.2, 0.25) is 5.02 Å². The smallest absolute Gasteiger partial charge is 0.273 e. The Bertz CT molecular complexity index is 648. The van der Waals surface area contributed by atoms with E-state index in [1.807, 2.05) is 0 Å². The zero-order valence-corrected chi connectivity index (χ0v) is 11.3. The molecule has 19 heavy (non-hydrogen) atoms. The molecule has 2 aliphatic heterocycles. The minimum Gasteiger partial charge on any atom is -0.349 e. The zero-order chi connectivity index (χ0) is 13.8. The van der Waals surface area contributed by atoms with Gasteiger partial charge in [0.2, 0.25) is 5.91 Å². The molecular formula is C11H9ClN4O2S. The number of nitrogens with one attached hydrogen (secondary N) is 2. The van der Waals surface area contributed by atoms with Crippen molar-refractivity contribution in [3.8, 4) is 0 Å². The maximum Gasteiger partial charge on any atom is 0.273 e. The van der Waals surface area contributed by atoms with Crippen molar-refractivity contribution >= 4 is 46.2 Å². The first-order valence-corrected chi connectivity index (χ1v) is 6.21. The van der Waals surface area contributed by atoms with Crippen LogP contribution in [0.15, 0.2) is 23.3 Å². The number of nitrogens with zero attached hydrogens (tertiary/aromatic N) is 2. The van der Waals surface area contributed by atoms with Gasteiger partial charge in [0, 0.05) is 17.5 Å². The molecular weight excluding hydrogens is 288 g/mol. The fraction of sp³-hybridized carbons (Fsp3) is 0.182. The summed E-state index contributed by atoms with van der Waals surface area (Å²) in [6.07, 6.45) is 0. The van der Waals surface area contributed by atoms with Gasteiger partial charge in [0.15, 0.2) is 5.11 Å². The Balaban J connectivity index is 2.28. The third-order valence-corrected chi connectivity index (χ3v) is 3.41. The highest BCUT2D eigenvalue weighted by Gasteiger charge is 2.52. The summed E-state index contributed by atoms with van der Waals surface area (Å²) in [4.78, 5) is 13.0. The lowest BCUT2D eigenvalue weighted by Crippen LogP contribution is -2.68. The molecule has 0 spiro atoms. The third kappa shape index (κ3) is 1.62. The molecule has 0 saturated heterocycles. The highest BCUT2D eigenvalue weighted by molar-refractivity contribution is 7.80. The van der Waals surface area contributed by atoms with Gasteiger partial charge in [0.25, 0.3) is 5.85 Å². The molecule has 0 bridgehead atoms. The molecule has 3 rings (SSSR count). The van der Waals surface area contributed by atoms with Crippen molar-refractivity contribution in [2.24, 2.45) is 5.10 Å². The minimum absolute atomic E-state index is 0.136. The van der Waals surface area contributed by atoms with Gasteiger partial charge >= 0.3 is 0 Å². The topological polar surface area (TPSA) is 77.0 Å². The molecule has 2 aliphatic rings. The van der Waals surface area contributed by atoms with E-state index in [2.05, 4.69) is 15.8 Å². The lowest BCUT2D eigenvalue weighted by Gasteiger charge is -2.36. The van der Waals surface area contributed by atoms with Crippen LogP contribution in [0.4, 0.5) is 5.69 Å². The molecule has 2 heterocycles. The summed E-state index contributed by atoms with van der Waals surface area (Å²) in [6.45, 7) is 1.35. The van der Waals surface area contributed by atoms with Crippen molar-refractivity contribution in [3.63, 3.8) is 0 Å². The van der Waals surface area contributed by atoms with Crippen LogP contribution in [0.1, 0.15) is 12.5 Å². The summed E-state index contributed by atoms with van der Waals surface area (Å²) in [5.74, 6) is -2.12. The average Bonchev–Trinajstić information content (AvgIpc) is 2.55. The van der Waals surface area contributed by atoms with Gasteiger partial charge < -0.3 is 10.4 Å². The highest BCUT2D eigenvalue weighted by atomic mass is 35.5. The first-order chi connectivity index (χ1) is 8.93. The fourth-order valence-corrected chi connectivity index (χ4v) is 2.66. The van der Waals surface area contributed by atoms with Crippen LogP contribution in [0.5, 0.6) is 0 Å². The van der Waals surface area contributed by atoms with E-state index in [0.717, 1.165) is 0 Å². The Morgan fingerprint density at radius 3 is 3.00 bits per heavy atom. The van der Waals surface area contributed by atoms with E-state index < -0.39 is 5.85 Å². The number of hydrazone groups is 1. The second-order valence-corrected chi connectivity index (χ2v) is 5.06. The molecule has 0 aromatic heterocycles. The monoisotopic (exact) mass is 296 g/mol. The van der Waals surface area contributed by atoms with E-state index in [4.69, 9.17) is 23.8 Å². The molecule has 6 nitrogen and oxygen atoms in total. The maximum atomic E-state index is 11.8. The standard InChI is InChI=1S/C11H9ClN4O2S/c1-5(17)16-8-3-2-6(12)4-7(8)9-11(16,18)13-10(19)15-14-9/h2-4,18H,1H3,(H2,13,15,19)/t11-/m1/s1. The second-order valence-electron chi connectivity index (χ2n) is 4.21. The van der Waals surface area contributed by atoms with Crippen LogP contribution in [0.25, 0.3) is 0 Å². The van der Waals surface area contributed by atoms with E-state index in [1.165, 1.54) is 11.8 Å². The Labute approximate surface area is 119 Å². The number of hydrogen-bond acceptors (Lipinski definition) is 4. The summed E-state index contributed by atoms with van der Waals surface area (Å²) >= 11 is 10.9. The Morgan fingerprint density at radius 2 is 2.32 bits per heavy atom. The van der Waals surface area contributed by atoms with Gasteiger partial charge in [-0.3, -0.25) is 15.1 Å². The van der Waals surface area contributed by atoms with Crippen molar-refractivity contribution in [2.75, 3.05) is 4.90 Å². The van der Waals surface area contributed by atoms with Crippen molar-refractivity contribution in [1.82, 2.24) is 10.7 Å². The number of amides is 1. The van der Waals surface area contributed by atoms with E-state index >= 15 is 0 Å². The van der Waals surface area contributed by atoms with Gasteiger partial charge in [-0.25, -0.2) is 0 Å². The molecule has 1 atom stereocenters. The number of hydrogen-bond donors (Lipinski definition) is 3. The average molecular weight is 297 g/mol. The van der Waals surface area contributed by atoms with Crippen LogP contribution >= 0.6 is 23.8 Å². The summed E-state index contributed by atoms with van der Waals surface area (Å²) in [5, 5.41) is 18.0. The number of carbonyl (C=O) groups is 1. The SMILES string of the molecule is CC(=O)N1c2ccc(Cl)cc2C2=NNC(=S)N[C@]21O. The molecule has 1 aromatic carbocycles. The van der Waals surface area contributed by atoms with Gasteiger partial charge in [0.1, 0.15) is 5.71 Å². The maximum absolute atomic E-state index is 11.8. The van der Waals surface area contributed by atoms with Crippen LogP contribution in [-0.2, 0) is 4.79 Å². The normalized spacial score (nSPS) is 24.1.